The van der Waals surface area contributed by atoms with Crippen molar-refractivity contribution in [3.8, 4) is 0 Å². The van der Waals surface area contributed by atoms with E-state index in [9.17, 15) is 0 Å². The quantitative estimate of drug-likeness (QED) is 0.850. The molecule has 1 aromatic carbocycles. The lowest BCUT2D eigenvalue weighted by molar-refractivity contribution is 0.670. The lowest BCUT2D eigenvalue weighted by Gasteiger charge is -2.09. The van der Waals surface area contributed by atoms with E-state index >= 15 is 0 Å². The molecule has 0 aliphatic rings. The summed E-state index contributed by atoms with van der Waals surface area (Å²) in [4.78, 5) is 0. The van der Waals surface area contributed by atoms with Gasteiger partial charge in [0, 0.05) is 6.20 Å². The van der Waals surface area contributed by atoms with Crippen LogP contribution in [-0.4, -0.2) is 23.4 Å². The molecule has 3 heteroatoms. The minimum Gasteiger partial charge on any atom is -0.319 e. The van der Waals surface area contributed by atoms with Crippen LogP contribution in [0.3, 0.4) is 0 Å². The second kappa shape index (κ2) is 5.64. The van der Waals surface area contributed by atoms with E-state index in [1.165, 1.54) is 11.1 Å². The van der Waals surface area contributed by atoms with Gasteiger partial charge in [0.25, 0.3) is 0 Å². The maximum absolute atomic E-state index is 4.43. The first-order valence-electron chi connectivity index (χ1n) is 6.01. The predicted molar refractivity (Wildman–Crippen MR) is 70.1 cm³/mol. The van der Waals surface area contributed by atoms with Crippen molar-refractivity contribution < 1.29 is 0 Å². The highest BCUT2D eigenvalue weighted by atomic mass is 15.3. The lowest BCUT2D eigenvalue weighted by atomic mass is 10.0. The molecule has 0 aliphatic carbocycles. The molecular formula is C14H19N3. The van der Waals surface area contributed by atoms with Crippen molar-refractivity contribution in [2.24, 2.45) is 0 Å². The molecule has 0 saturated carbocycles. The molecule has 90 valence electrons. The zero-order valence-electron chi connectivity index (χ0n) is 10.5. The van der Waals surface area contributed by atoms with Crippen LogP contribution in [-0.2, 0) is 13.0 Å². The highest BCUT2D eigenvalue weighted by Crippen LogP contribution is 2.11. The first kappa shape index (κ1) is 11.9. The van der Waals surface area contributed by atoms with Crippen molar-refractivity contribution in [2.45, 2.75) is 19.9 Å². The van der Waals surface area contributed by atoms with E-state index < -0.39 is 0 Å². The van der Waals surface area contributed by atoms with E-state index in [2.05, 4.69) is 34.7 Å². The van der Waals surface area contributed by atoms with Gasteiger partial charge in [-0.25, -0.2) is 0 Å². The highest BCUT2D eigenvalue weighted by molar-refractivity contribution is 5.27. The molecule has 17 heavy (non-hydrogen) atoms. The molecule has 0 saturated heterocycles. The number of benzene rings is 1. The fraction of sp³-hybridized carbons (Fsp3) is 0.357. The number of hydrogen-bond donors (Lipinski definition) is 1. The number of hydrogen-bond acceptors (Lipinski definition) is 2. The Morgan fingerprint density at radius 1 is 1.18 bits per heavy atom. The molecule has 0 unspecified atom stereocenters. The Bertz CT molecular complexity index is 474. The van der Waals surface area contributed by atoms with Crippen LogP contribution >= 0.6 is 0 Å². The Labute approximate surface area is 102 Å². The van der Waals surface area contributed by atoms with E-state index in [1.54, 1.807) is 0 Å². The third kappa shape index (κ3) is 3.17. The van der Waals surface area contributed by atoms with Crippen LogP contribution in [0.25, 0.3) is 0 Å². The van der Waals surface area contributed by atoms with Crippen molar-refractivity contribution in [3.63, 3.8) is 0 Å². The molecular weight excluding hydrogens is 210 g/mol. The van der Waals surface area contributed by atoms with Gasteiger partial charge in [0.05, 0.1) is 12.2 Å². The number of aryl methyl sites for hydroxylation is 1. The third-order valence-corrected chi connectivity index (χ3v) is 2.87. The Hall–Kier alpha value is -1.61. The molecule has 0 amide bonds. The van der Waals surface area contributed by atoms with Gasteiger partial charge in [-0.1, -0.05) is 24.3 Å². The zero-order chi connectivity index (χ0) is 12.1. The van der Waals surface area contributed by atoms with Gasteiger partial charge < -0.3 is 5.32 Å². The Balaban J connectivity index is 2.14. The predicted octanol–water partition coefficient (Wildman–Crippen LogP) is 2.00. The van der Waals surface area contributed by atoms with Gasteiger partial charge in [-0.05, 0) is 44.1 Å². The first-order valence-corrected chi connectivity index (χ1v) is 6.01. The SMILES string of the molecule is CNCCc1ccccc1Cn1ccc(C)n1. The molecule has 0 spiro atoms. The summed E-state index contributed by atoms with van der Waals surface area (Å²) in [6, 6.07) is 10.6. The van der Waals surface area contributed by atoms with E-state index in [4.69, 9.17) is 0 Å². The number of rotatable bonds is 5. The van der Waals surface area contributed by atoms with Gasteiger partial charge in [0.2, 0.25) is 0 Å². The van der Waals surface area contributed by atoms with E-state index in [-0.39, 0.29) is 0 Å². The van der Waals surface area contributed by atoms with Crippen molar-refractivity contribution in [1.82, 2.24) is 15.1 Å². The largest absolute Gasteiger partial charge is 0.319 e. The topological polar surface area (TPSA) is 29.9 Å². The van der Waals surface area contributed by atoms with Gasteiger partial charge in [-0.3, -0.25) is 4.68 Å². The van der Waals surface area contributed by atoms with Crippen LogP contribution in [0.2, 0.25) is 0 Å². The Kier molecular flexibility index (Phi) is 3.94. The lowest BCUT2D eigenvalue weighted by Crippen LogP contribution is -2.12. The van der Waals surface area contributed by atoms with Crippen molar-refractivity contribution in [2.75, 3.05) is 13.6 Å². The normalized spacial score (nSPS) is 10.7. The smallest absolute Gasteiger partial charge is 0.0662 e. The number of likely N-dealkylation sites (N-methyl/N-ethyl adjacent to an activating group) is 1. The average molecular weight is 229 g/mol. The summed E-state index contributed by atoms with van der Waals surface area (Å²) in [5, 5.41) is 7.62. The van der Waals surface area contributed by atoms with Gasteiger partial charge in [0.15, 0.2) is 0 Å². The second-order valence-corrected chi connectivity index (χ2v) is 4.28. The maximum Gasteiger partial charge on any atom is 0.0662 e. The van der Waals surface area contributed by atoms with Crippen LogP contribution in [0.5, 0.6) is 0 Å². The minimum absolute atomic E-state index is 0.855. The zero-order valence-corrected chi connectivity index (χ0v) is 10.5. The summed E-state index contributed by atoms with van der Waals surface area (Å²) in [6.45, 7) is 3.88. The van der Waals surface area contributed by atoms with E-state index in [1.807, 2.05) is 30.9 Å². The van der Waals surface area contributed by atoms with Crippen LogP contribution < -0.4 is 5.32 Å². The third-order valence-electron chi connectivity index (χ3n) is 2.87. The second-order valence-electron chi connectivity index (χ2n) is 4.28. The van der Waals surface area contributed by atoms with E-state index in [0.717, 1.165) is 25.2 Å². The molecule has 1 N–H and O–H groups in total. The van der Waals surface area contributed by atoms with Crippen molar-refractivity contribution in [1.29, 1.82) is 0 Å². The van der Waals surface area contributed by atoms with Crippen molar-refractivity contribution in [3.05, 3.63) is 53.3 Å². The molecule has 3 nitrogen and oxygen atoms in total. The van der Waals surface area contributed by atoms with Gasteiger partial charge in [0.1, 0.15) is 0 Å². The molecule has 0 bridgehead atoms. The van der Waals surface area contributed by atoms with Crippen LogP contribution in [0.4, 0.5) is 0 Å². The Morgan fingerprint density at radius 2 is 1.94 bits per heavy atom. The molecule has 1 aromatic heterocycles. The van der Waals surface area contributed by atoms with Crippen LogP contribution in [0.1, 0.15) is 16.8 Å². The average Bonchev–Trinajstić information content (AvgIpc) is 2.74. The number of nitrogens with zero attached hydrogens (tertiary/aromatic N) is 2. The molecule has 2 aromatic rings. The Morgan fingerprint density at radius 3 is 2.59 bits per heavy atom. The summed E-state index contributed by atoms with van der Waals surface area (Å²) in [5.74, 6) is 0. The summed E-state index contributed by atoms with van der Waals surface area (Å²) < 4.78 is 1.99. The number of nitrogens with one attached hydrogen (secondary N) is 1. The molecule has 0 aliphatic heterocycles. The molecule has 1 heterocycles. The molecule has 0 atom stereocenters. The molecule has 0 fully saturated rings. The first-order chi connectivity index (χ1) is 8.29. The maximum atomic E-state index is 4.43. The minimum atomic E-state index is 0.855. The summed E-state index contributed by atoms with van der Waals surface area (Å²) in [5.41, 5.74) is 3.82. The standard InChI is InChI=1S/C14H19N3/c1-12-8-10-17(16-12)11-14-6-4-3-5-13(14)7-9-15-2/h3-6,8,10,15H,7,9,11H2,1-2H3. The number of aromatic nitrogens is 2. The van der Waals surface area contributed by atoms with Crippen LogP contribution in [0.15, 0.2) is 36.5 Å². The van der Waals surface area contributed by atoms with E-state index in [0.29, 0.717) is 0 Å². The fourth-order valence-electron chi connectivity index (χ4n) is 1.94. The van der Waals surface area contributed by atoms with Crippen LogP contribution in [0, 0.1) is 6.92 Å². The van der Waals surface area contributed by atoms with Gasteiger partial charge in [-0.15, -0.1) is 0 Å². The molecule has 2 rings (SSSR count). The summed E-state index contributed by atoms with van der Waals surface area (Å²) >= 11 is 0. The monoisotopic (exact) mass is 229 g/mol. The van der Waals surface area contributed by atoms with Crippen molar-refractivity contribution >= 4 is 0 Å². The van der Waals surface area contributed by atoms with Gasteiger partial charge >= 0.3 is 0 Å². The van der Waals surface area contributed by atoms with Gasteiger partial charge in [-0.2, -0.15) is 5.10 Å². The summed E-state index contributed by atoms with van der Waals surface area (Å²) in [7, 11) is 1.99. The fourth-order valence-corrected chi connectivity index (χ4v) is 1.94. The summed E-state index contributed by atoms with van der Waals surface area (Å²) in [6.07, 6.45) is 3.09. The highest BCUT2D eigenvalue weighted by Gasteiger charge is 2.02. The molecule has 0 radical (unpaired) electrons.